The lowest BCUT2D eigenvalue weighted by Crippen LogP contribution is -2.24. The highest BCUT2D eigenvalue weighted by Gasteiger charge is 2.13. The number of aliphatic carboxylic acids is 1. The van der Waals surface area contributed by atoms with Crippen molar-refractivity contribution < 1.29 is 29.7 Å². The molecule has 0 aliphatic carbocycles. The van der Waals surface area contributed by atoms with Gasteiger partial charge in [0.05, 0.1) is 12.2 Å². The van der Waals surface area contributed by atoms with Crippen molar-refractivity contribution in [2.75, 3.05) is 18.9 Å². The zero-order valence-corrected chi connectivity index (χ0v) is 10.6. The van der Waals surface area contributed by atoms with E-state index < -0.39 is 23.7 Å². The molecule has 2 amide bonds. The van der Waals surface area contributed by atoms with Crippen LogP contribution in [-0.4, -0.2) is 46.9 Å². The van der Waals surface area contributed by atoms with Gasteiger partial charge in [-0.25, -0.2) is 9.59 Å². The zero-order chi connectivity index (χ0) is 15.7. The Hall–Kier alpha value is -2.81. The molecule has 0 aromatic heterocycles. The van der Waals surface area contributed by atoms with Crippen molar-refractivity contribution in [3.63, 3.8) is 0 Å². The van der Waals surface area contributed by atoms with Crippen molar-refractivity contribution >= 4 is 23.7 Å². The average Bonchev–Trinajstić information content (AvgIpc) is 2.41. The molecule has 0 atom stereocenters. The number of carbonyl (C=O) groups excluding carboxylic acids is 1. The summed E-state index contributed by atoms with van der Waals surface area (Å²) in [5.41, 5.74) is 4.36. The molecule has 1 rings (SSSR count). The number of nitrogens with one attached hydrogen (secondary N) is 2. The fraction of sp³-hybridized carbons (Fsp3) is 0.182. The van der Waals surface area contributed by atoms with Crippen LogP contribution < -0.4 is 16.4 Å². The number of phenols is 1. The van der Waals surface area contributed by atoms with Crippen LogP contribution in [0.25, 0.3) is 0 Å². The number of carboxylic acid groups (broad SMARTS) is 2. The van der Waals surface area contributed by atoms with Crippen molar-refractivity contribution in [1.29, 1.82) is 0 Å². The van der Waals surface area contributed by atoms with Crippen LogP contribution >= 0.6 is 0 Å². The zero-order valence-electron chi connectivity index (χ0n) is 10.6. The van der Waals surface area contributed by atoms with E-state index in [0.717, 1.165) is 0 Å². The molecule has 0 saturated carbocycles. The van der Waals surface area contributed by atoms with E-state index in [-0.39, 0.29) is 17.8 Å². The highest BCUT2D eigenvalue weighted by atomic mass is 16.4. The maximum Gasteiger partial charge on any atom is 0.339 e. The molecule has 0 saturated heterocycles. The van der Waals surface area contributed by atoms with Crippen molar-refractivity contribution in [3.05, 3.63) is 23.8 Å². The number of urea groups is 1. The van der Waals surface area contributed by atoms with Crippen molar-refractivity contribution in [2.24, 2.45) is 5.73 Å². The number of hydrogen-bond acceptors (Lipinski definition) is 5. The Morgan fingerprint density at radius 1 is 1.25 bits per heavy atom. The average molecular weight is 285 g/mol. The number of para-hydroxylation sites is 1. The first-order valence-corrected chi connectivity index (χ1v) is 5.29. The fourth-order valence-electron chi connectivity index (χ4n) is 1.00. The number of carboxylic acids is 2. The van der Waals surface area contributed by atoms with Gasteiger partial charge in [0, 0.05) is 7.05 Å². The van der Waals surface area contributed by atoms with Gasteiger partial charge in [-0.05, 0) is 12.1 Å². The number of aromatic hydroxyl groups is 1. The van der Waals surface area contributed by atoms with Crippen LogP contribution in [0.15, 0.2) is 18.2 Å². The van der Waals surface area contributed by atoms with Gasteiger partial charge in [0.15, 0.2) is 5.75 Å². The Labute approximate surface area is 114 Å². The number of nitrogens with two attached hydrogens (primary N) is 1. The van der Waals surface area contributed by atoms with E-state index in [1.807, 2.05) is 0 Å². The van der Waals surface area contributed by atoms with Gasteiger partial charge in [0.25, 0.3) is 0 Å². The Kier molecular flexibility index (Phi) is 7.15. The highest BCUT2D eigenvalue weighted by Crippen LogP contribution is 2.27. The number of benzene rings is 1. The summed E-state index contributed by atoms with van der Waals surface area (Å²) in [6.45, 7) is -0.278. The topological polar surface area (TPSA) is 162 Å². The molecule has 0 spiro atoms. The first kappa shape index (κ1) is 17.2. The SMILES string of the molecule is CNC(=O)Nc1cccc(C(=O)O)c1O.NCC(=O)O. The molecular weight excluding hydrogens is 270 g/mol. The van der Waals surface area contributed by atoms with Gasteiger partial charge in [0.2, 0.25) is 0 Å². The third kappa shape index (κ3) is 5.69. The van der Waals surface area contributed by atoms with Crippen molar-refractivity contribution in [1.82, 2.24) is 5.32 Å². The summed E-state index contributed by atoms with van der Waals surface area (Å²) in [7, 11) is 1.41. The van der Waals surface area contributed by atoms with Crippen LogP contribution in [0.2, 0.25) is 0 Å². The Bertz CT molecular complexity index is 503. The van der Waals surface area contributed by atoms with E-state index in [4.69, 9.17) is 10.2 Å². The smallest absolute Gasteiger partial charge is 0.339 e. The number of amides is 2. The van der Waals surface area contributed by atoms with E-state index in [1.54, 1.807) is 0 Å². The molecule has 0 aliphatic heterocycles. The summed E-state index contributed by atoms with van der Waals surface area (Å²) < 4.78 is 0. The molecule has 0 radical (unpaired) electrons. The molecular formula is C11H15N3O6. The van der Waals surface area contributed by atoms with Crippen LogP contribution in [0.1, 0.15) is 10.4 Å². The number of carbonyl (C=O) groups is 3. The molecule has 7 N–H and O–H groups in total. The first-order chi connectivity index (χ1) is 9.33. The van der Waals surface area contributed by atoms with Gasteiger partial charge in [0.1, 0.15) is 5.56 Å². The quantitative estimate of drug-likeness (QED) is 0.421. The summed E-state index contributed by atoms with van der Waals surface area (Å²) in [4.78, 5) is 30.8. The third-order valence-electron chi connectivity index (χ3n) is 1.92. The van der Waals surface area contributed by atoms with E-state index in [0.29, 0.717) is 0 Å². The first-order valence-electron chi connectivity index (χ1n) is 5.29. The second-order valence-corrected chi connectivity index (χ2v) is 3.31. The molecule has 0 fully saturated rings. The molecule has 9 heteroatoms. The van der Waals surface area contributed by atoms with Gasteiger partial charge in [-0.15, -0.1) is 0 Å². The van der Waals surface area contributed by atoms with E-state index in [9.17, 15) is 19.5 Å². The Morgan fingerprint density at radius 3 is 2.20 bits per heavy atom. The van der Waals surface area contributed by atoms with Gasteiger partial charge in [-0.2, -0.15) is 0 Å². The van der Waals surface area contributed by atoms with Crippen molar-refractivity contribution in [2.45, 2.75) is 0 Å². The van der Waals surface area contributed by atoms with Gasteiger partial charge in [-0.1, -0.05) is 6.07 Å². The van der Waals surface area contributed by atoms with Crippen LogP contribution in [0.3, 0.4) is 0 Å². The van der Waals surface area contributed by atoms with Gasteiger partial charge in [-0.3, -0.25) is 4.79 Å². The normalized spacial score (nSPS) is 8.90. The van der Waals surface area contributed by atoms with Crippen molar-refractivity contribution in [3.8, 4) is 5.75 Å². The largest absolute Gasteiger partial charge is 0.505 e. The Balaban J connectivity index is 0.000000621. The number of anilines is 1. The molecule has 0 unspecified atom stereocenters. The minimum Gasteiger partial charge on any atom is -0.505 e. The monoisotopic (exact) mass is 285 g/mol. The molecule has 9 nitrogen and oxygen atoms in total. The van der Waals surface area contributed by atoms with Gasteiger partial charge >= 0.3 is 18.0 Å². The number of rotatable bonds is 3. The number of aromatic carboxylic acids is 1. The molecule has 20 heavy (non-hydrogen) atoms. The fourth-order valence-corrected chi connectivity index (χ4v) is 1.00. The lowest BCUT2D eigenvalue weighted by atomic mass is 10.2. The van der Waals surface area contributed by atoms with E-state index in [1.165, 1.54) is 25.2 Å². The van der Waals surface area contributed by atoms with Crippen LogP contribution in [0.4, 0.5) is 10.5 Å². The molecule has 0 bridgehead atoms. The summed E-state index contributed by atoms with van der Waals surface area (Å²) in [6.07, 6.45) is 0. The molecule has 0 aliphatic rings. The maximum atomic E-state index is 10.9. The molecule has 0 heterocycles. The number of hydrogen-bond donors (Lipinski definition) is 6. The van der Waals surface area contributed by atoms with E-state index >= 15 is 0 Å². The van der Waals surface area contributed by atoms with Gasteiger partial charge < -0.3 is 31.7 Å². The maximum absolute atomic E-state index is 10.9. The lowest BCUT2D eigenvalue weighted by molar-refractivity contribution is -0.135. The minimum atomic E-state index is -1.26. The summed E-state index contributed by atoms with van der Waals surface area (Å²) in [5, 5.41) is 30.3. The van der Waals surface area contributed by atoms with E-state index in [2.05, 4.69) is 16.4 Å². The lowest BCUT2D eigenvalue weighted by Gasteiger charge is -2.08. The highest BCUT2D eigenvalue weighted by molar-refractivity contribution is 5.97. The standard InChI is InChI=1S/C9H10N2O4.C2H5NO2/c1-10-9(15)11-6-4-2-3-5(7(6)12)8(13)14;3-1-2(4)5/h2-4,12H,1H3,(H,13,14)(H2,10,11,15);1,3H2,(H,4,5). The van der Waals surface area contributed by atoms with Crippen LogP contribution in [0, 0.1) is 0 Å². The second-order valence-electron chi connectivity index (χ2n) is 3.31. The summed E-state index contributed by atoms with van der Waals surface area (Å²) in [5.74, 6) is -2.69. The Morgan fingerprint density at radius 2 is 1.80 bits per heavy atom. The predicted octanol–water partition coefficient (Wildman–Crippen LogP) is -0.129. The summed E-state index contributed by atoms with van der Waals surface area (Å²) >= 11 is 0. The molecule has 1 aromatic rings. The second kappa shape index (κ2) is 8.32. The summed E-state index contributed by atoms with van der Waals surface area (Å²) in [6, 6.07) is 3.53. The molecule has 1 aromatic carbocycles. The van der Waals surface area contributed by atoms with Crippen LogP contribution in [-0.2, 0) is 4.79 Å². The minimum absolute atomic E-state index is 0.0502. The molecule has 110 valence electrons. The predicted molar refractivity (Wildman–Crippen MR) is 69.8 cm³/mol. The van der Waals surface area contributed by atoms with Crippen LogP contribution in [0.5, 0.6) is 5.75 Å². The third-order valence-corrected chi connectivity index (χ3v) is 1.92.